The Bertz CT molecular complexity index is 290. The molecule has 0 spiro atoms. The average Bonchev–Trinajstić information content (AvgIpc) is 3.26. The smallest absolute Gasteiger partial charge is 0.323 e. The third kappa shape index (κ3) is 4.06. The molecule has 3 fully saturated rings. The van der Waals surface area contributed by atoms with Crippen molar-refractivity contribution < 1.29 is 19.0 Å². The molecule has 0 N–H and O–H groups in total. The van der Waals surface area contributed by atoms with Crippen molar-refractivity contribution in [3.63, 3.8) is 0 Å². The lowest BCUT2D eigenvalue weighted by atomic mass is 10.2. The standard InChI is InChI=1S/C13H22N2O4/c16-13-14(5-1-3-11-7-18-11)9-17-10-15(13)6-2-4-12-8-19-12/h11-12H,1-10H2. The Morgan fingerprint density at radius 1 is 0.947 bits per heavy atom. The number of nitrogens with zero attached hydrogens (tertiary/aromatic N) is 2. The second-order valence-corrected chi connectivity index (χ2v) is 5.47. The number of hydrogen-bond donors (Lipinski definition) is 0. The van der Waals surface area contributed by atoms with Gasteiger partial charge in [0.05, 0.1) is 25.4 Å². The zero-order valence-electron chi connectivity index (χ0n) is 11.3. The number of carbonyl (C=O) groups is 1. The van der Waals surface area contributed by atoms with Crippen molar-refractivity contribution in [1.82, 2.24) is 9.80 Å². The van der Waals surface area contributed by atoms with Gasteiger partial charge in [-0.25, -0.2) is 4.79 Å². The molecule has 0 saturated carbocycles. The monoisotopic (exact) mass is 270 g/mol. The van der Waals surface area contributed by atoms with Gasteiger partial charge in [0.25, 0.3) is 0 Å². The van der Waals surface area contributed by atoms with Crippen molar-refractivity contribution in [3.8, 4) is 0 Å². The molecular weight excluding hydrogens is 248 g/mol. The summed E-state index contributed by atoms with van der Waals surface area (Å²) in [5.74, 6) is 0. The molecule has 6 heteroatoms. The van der Waals surface area contributed by atoms with Gasteiger partial charge in [0, 0.05) is 13.1 Å². The van der Waals surface area contributed by atoms with Crippen LogP contribution in [0.3, 0.4) is 0 Å². The highest BCUT2D eigenvalue weighted by atomic mass is 16.6. The quantitative estimate of drug-likeness (QED) is 0.618. The lowest BCUT2D eigenvalue weighted by Crippen LogP contribution is -2.51. The van der Waals surface area contributed by atoms with Crippen LogP contribution in [0.2, 0.25) is 0 Å². The van der Waals surface area contributed by atoms with Crippen molar-refractivity contribution in [2.45, 2.75) is 37.9 Å². The van der Waals surface area contributed by atoms with Crippen LogP contribution in [0.25, 0.3) is 0 Å². The highest BCUT2D eigenvalue weighted by molar-refractivity contribution is 5.74. The summed E-state index contributed by atoms with van der Waals surface area (Å²) < 4.78 is 15.8. The summed E-state index contributed by atoms with van der Waals surface area (Å²) in [5.41, 5.74) is 0. The summed E-state index contributed by atoms with van der Waals surface area (Å²) in [4.78, 5) is 15.8. The van der Waals surface area contributed by atoms with Gasteiger partial charge in [-0.1, -0.05) is 0 Å². The number of amides is 2. The first kappa shape index (κ1) is 13.1. The normalized spacial score (nSPS) is 29.8. The minimum Gasteiger partial charge on any atom is -0.373 e. The van der Waals surface area contributed by atoms with Crippen LogP contribution >= 0.6 is 0 Å². The van der Waals surface area contributed by atoms with E-state index >= 15 is 0 Å². The largest absolute Gasteiger partial charge is 0.373 e. The van der Waals surface area contributed by atoms with Gasteiger partial charge in [0.15, 0.2) is 0 Å². The van der Waals surface area contributed by atoms with Crippen LogP contribution in [0.4, 0.5) is 4.79 Å². The molecule has 2 atom stereocenters. The second-order valence-electron chi connectivity index (χ2n) is 5.47. The van der Waals surface area contributed by atoms with Crippen LogP contribution in [0.5, 0.6) is 0 Å². The van der Waals surface area contributed by atoms with Crippen molar-refractivity contribution in [1.29, 1.82) is 0 Å². The predicted octanol–water partition coefficient (Wildman–Crippen LogP) is 1.01. The van der Waals surface area contributed by atoms with Gasteiger partial charge in [0.2, 0.25) is 0 Å². The zero-order valence-corrected chi connectivity index (χ0v) is 11.3. The number of rotatable bonds is 8. The molecule has 3 rings (SSSR count). The molecule has 6 nitrogen and oxygen atoms in total. The summed E-state index contributed by atoms with van der Waals surface area (Å²) in [6, 6.07) is 0.111. The number of ether oxygens (including phenoxy) is 3. The first-order chi connectivity index (χ1) is 9.33. The average molecular weight is 270 g/mol. The molecule has 3 heterocycles. The second kappa shape index (κ2) is 6.07. The Kier molecular flexibility index (Phi) is 4.20. The lowest BCUT2D eigenvalue weighted by Gasteiger charge is -2.35. The zero-order chi connectivity index (χ0) is 13.1. The molecule has 108 valence electrons. The van der Waals surface area contributed by atoms with E-state index in [1.54, 1.807) is 9.80 Å². The van der Waals surface area contributed by atoms with E-state index in [2.05, 4.69) is 0 Å². The summed E-state index contributed by atoms with van der Waals surface area (Å²) >= 11 is 0. The van der Waals surface area contributed by atoms with Crippen molar-refractivity contribution in [2.24, 2.45) is 0 Å². The molecule has 19 heavy (non-hydrogen) atoms. The molecule has 0 bridgehead atoms. The molecular formula is C13H22N2O4. The summed E-state index contributed by atoms with van der Waals surface area (Å²) in [7, 11) is 0. The third-order valence-corrected chi connectivity index (χ3v) is 3.75. The van der Waals surface area contributed by atoms with E-state index in [1.165, 1.54) is 0 Å². The van der Waals surface area contributed by atoms with Gasteiger partial charge in [-0.2, -0.15) is 0 Å². The van der Waals surface area contributed by atoms with Gasteiger partial charge < -0.3 is 24.0 Å². The number of urea groups is 1. The van der Waals surface area contributed by atoms with Crippen LogP contribution in [0.1, 0.15) is 25.7 Å². The minimum absolute atomic E-state index is 0.111. The van der Waals surface area contributed by atoms with E-state index in [1.807, 2.05) is 0 Å². The van der Waals surface area contributed by atoms with Gasteiger partial charge in [0.1, 0.15) is 13.5 Å². The first-order valence-electron chi connectivity index (χ1n) is 7.18. The van der Waals surface area contributed by atoms with E-state index in [4.69, 9.17) is 14.2 Å². The number of epoxide rings is 2. The fraction of sp³-hybridized carbons (Fsp3) is 0.923. The topological polar surface area (TPSA) is 57.8 Å². The molecule has 3 saturated heterocycles. The fourth-order valence-electron chi connectivity index (χ4n) is 2.38. The Balaban J connectivity index is 1.36. The third-order valence-electron chi connectivity index (χ3n) is 3.75. The van der Waals surface area contributed by atoms with Crippen LogP contribution in [0, 0.1) is 0 Å². The van der Waals surface area contributed by atoms with Crippen LogP contribution in [0.15, 0.2) is 0 Å². The van der Waals surface area contributed by atoms with Crippen molar-refractivity contribution >= 4 is 6.03 Å². The number of hydrogen-bond acceptors (Lipinski definition) is 4. The maximum absolute atomic E-state index is 12.2. The molecule has 0 aromatic heterocycles. The Labute approximate surface area is 113 Å². The molecule has 3 aliphatic rings. The van der Waals surface area contributed by atoms with Crippen molar-refractivity contribution in [2.75, 3.05) is 39.8 Å². The first-order valence-corrected chi connectivity index (χ1v) is 7.18. The lowest BCUT2D eigenvalue weighted by molar-refractivity contribution is -0.0522. The maximum atomic E-state index is 12.2. The molecule has 0 aliphatic carbocycles. The molecule has 2 unspecified atom stereocenters. The highest BCUT2D eigenvalue weighted by Crippen LogP contribution is 2.18. The number of carbonyl (C=O) groups excluding carboxylic acids is 1. The van der Waals surface area contributed by atoms with Gasteiger partial charge in [-0.05, 0) is 25.7 Å². The van der Waals surface area contributed by atoms with E-state index in [-0.39, 0.29) is 6.03 Å². The van der Waals surface area contributed by atoms with Crippen molar-refractivity contribution in [3.05, 3.63) is 0 Å². The predicted molar refractivity (Wildman–Crippen MR) is 67.6 cm³/mol. The Morgan fingerprint density at radius 3 is 1.84 bits per heavy atom. The van der Waals surface area contributed by atoms with Crippen LogP contribution in [-0.2, 0) is 14.2 Å². The SMILES string of the molecule is O=C1N(CCCC2CO2)COCN1CCCC1CO1. The fourth-order valence-corrected chi connectivity index (χ4v) is 2.38. The van der Waals surface area contributed by atoms with Gasteiger partial charge >= 0.3 is 6.03 Å². The maximum Gasteiger partial charge on any atom is 0.323 e. The highest BCUT2D eigenvalue weighted by Gasteiger charge is 2.28. The van der Waals surface area contributed by atoms with E-state index in [0.717, 1.165) is 52.0 Å². The molecule has 0 aromatic rings. The Morgan fingerprint density at radius 2 is 1.42 bits per heavy atom. The van der Waals surface area contributed by atoms with E-state index in [0.29, 0.717) is 25.7 Å². The molecule has 0 aromatic carbocycles. The van der Waals surface area contributed by atoms with Crippen LogP contribution < -0.4 is 0 Å². The van der Waals surface area contributed by atoms with Gasteiger partial charge in [-0.3, -0.25) is 0 Å². The molecule has 2 amide bonds. The summed E-state index contributed by atoms with van der Waals surface area (Å²) in [6.07, 6.45) is 4.95. The Hall–Kier alpha value is -0.850. The molecule has 3 aliphatic heterocycles. The molecule has 0 radical (unpaired) electrons. The van der Waals surface area contributed by atoms with E-state index < -0.39 is 0 Å². The van der Waals surface area contributed by atoms with Gasteiger partial charge in [-0.15, -0.1) is 0 Å². The summed E-state index contributed by atoms with van der Waals surface area (Å²) in [6.45, 7) is 4.15. The van der Waals surface area contributed by atoms with E-state index in [9.17, 15) is 4.79 Å². The minimum atomic E-state index is 0.111. The van der Waals surface area contributed by atoms with Crippen LogP contribution in [-0.4, -0.2) is 67.8 Å². The summed E-state index contributed by atoms with van der Waals surface area (Å²) in [5, 5.41) is 0.